The Morgan fingerprint density at radius 2 is 2.05 bits per heavy atom. The number of hydrogen-bond acceptors (Lipinski definition) is 3. The smallest absolute Gasteiger partial charge is 0.261 e. The SMILES string of the molecule is Cc1cc(Cl)ccc1OC(C)C(=O)NC(CCO)C(C)C. The molecule has 1 aromatic carbocycles. The summed E-state index contributed by atoms with van der Waals surface area (Å²) in [5.74, 6) is 0.715. The first-order valence-corrected chi connectivity index (χ1v) is 7.57. The van der Waals surface area contributed by atoms with Crippen LogP contribution in [0, 0.1) is 12.8 Å². The van der Waals surface area contributed by atoms with E-state index >= 15 is 0 Å². The molecule has 2 unspecified atom stereocenters. The molecule has 0 aliphatic rings. The number of carbonyl (C=O) groups is 1. The van der Waals surface area contributed by atoms with E-state index in [0.717, 1.165) is 5.56 Å². The number of aliphatic hydroxyl groups excluding tert-OH is 1. The Hall–Kier alpha value is -1.26. The molecule has 0 aliphatic carbocycles. The first-order chi connectivity index (χ1) is 9.85. The van der Waals surface area contributed by atoms with E-state index in [4.69, 9.17) is 21.4 Å². The van der Waals surface area contributed by atoms with Crippen molar-refractivity contribution in [3.05, 3.63) is 28.8 Å². The molecule has 2 N–H and O–H groups in total. The predicted molar refractivity (Wildman–Crippen MR) is 84.8 cm³/mol. The van der Waals surface area contributed by atoms with Gasteiger partial charge in [-0.1, -0.05) is 25.4 Å². The summed E-state index contributed by atoms with van der Waals surface area (Å²) in [5.41, 5.74) is 0.887. The van der Waals surface area contributed by atoms with Crippen LogP contribution < -0.4 is 10.1 Å². The summed E-state index contributed by atoms with van der Waals surface area (Å²) in [7, 11) is 0. The molecule has 0 bridgehead atoms. The van der Waals surface area contributed by atoms with Gasteiger partial charge in [0.25, 0.3) is 5.91 Å². The number of benzene rings is 1. The standard InChI is InChI=1S/C16H24ClNO3/c1-10(2)14(7-8-19)18-16(20)12(4)21-15-6-5-13(17)9-11(15)3/h5-6,9-10,12,14,19H,7-8H2,1-4H3,(H,18,20). The van der Waals surface area contributed by atoms with Crippen LogP contribution in [-0.4, -0.2) is 29.8 Å². The fraction of sp³-hybridized carbons (Fsp3) is 0.562. The van der Waals surface area contributed by atoms with Crippen LogP contribution in [0.25, 0.3) is 0 Å². The maximum Gasteiger partial charge on any atom is 0.261 e. The quantitative estimate of drug-likeness (QED) is 0.813. The Balaban J connectivity index is 2.65. The summed E-state index contributed by atoms with van der Waals surface area (Å²) in [6, 6.07) is 5.23. The molecule has 118 valence electrons. The number of nitrogens with one attached hydrogen (secondary N) is 1. The molecule has 2 atom stereocenters. The molecular formula is C16H24ClNO3. The van der Waals surface area contributed by atoms with Crippen molar-refractivity contribution in [2.24, 2.45) is 5.92 Å². The number of aryl methyl sites for hydroxylation is 1. The third-order valence-corrected chi connectivity index (χ3v) is 3.62. The maximum atomic E-state index is 12.2. The number of carbonyl (C=O) groups excluding carboxylic acids is 1. The van der Waals surface area contributed by atoms with Crippen LogP contribution in [0.3, 0.4) is 0 Å². The Morgan fingerprint density at radius 1 is 1.38 bits per heavy atom. The van der Waals surface area contributed by atoms with E-state index in [2.05, 4.69) is 5.32 Å². The van der Waals surface area contributed by atoms with Gasteiger partial charge in [0.2, 0.25) is 0 Å². The summed E-state index contributed by atoms with van der Waals surface area (Å²) >= 11 is 5.90. The third-order valence-electron chi connectivity index (χ3n) is 3.38. The van der Waals surface area contributed by atoms with Crippen LogP contribution in [0.5, 0.6) is 5.75 Å². The van der Waals surface area contributed by atoms with Crippen LogP contribution in [0.2, 0.25) is 5.02 Å². The van der Waals surface area contributed by atoms with Crippen molar-refractivity contribution < 1.29 is 14.6 Å². The molecule has 0 fully saturated rings. The molecule has 0 spiro atoms. The van der Waals surface area contributed by atoms with Gasteiger partial charge in [0.1, 0.15) is 5.75 Å². The second-order valence-corrected chi connectivity index (χ2v) is 5.98. The molecular weight excluding hydrogens is 290 g/mol. The number of amides is 1. The van der Waals surface area contributed by atoms with Crippen molar-refractivity contribution in [3.63, 3.8) is 0 Å². The average molecular weight is 314 g/mol. The normalized spacial score (nSPS) is 13.9. The zero-order valence-electron chi connectivity index (χ0n) is 13.0. The van der Waals surface area contributed by atoms with Crippen molar-refractivity contribution in [1.29, 1.82) is 0 Å². The Labute approximate surface area is 131 Å². The molecule has 0 radical (unpaired) electrons. The van der Waals surface area contributed by atoms with Gasteiger partial charge in [0.15, 0.2) is 6.10 Å². The van der Waals surface area contributed by atoms with Crippen LogP contribution in [0.4, 0.5) is 0 Å². The first-order valence-electron chi connectivity index (χ1n) is 7.19. The van der Waals surface area contributed by atoms with Crippen molar-refractivity contribution in [2.45, 2.75) is 46.3 Å². The van der Waals surface area contributed by atoms with Crippen molar-refractivity contribution in [1.82, 2.24) is 5.32 Å². The second kappa shape index (κ2) is 8.25. The molecule has 1 aromatic rings. The molecule has 0 aliphatic heterocycles. The highest BCUT2D eigenvalue weighted by atomic mass is 35.5. The molecule has 5 heteroatoms. The van der Waals surface area contributed by atoms with Gasteiger partial charge in [0.05, 0.1) is 0 Å². The number of rotatable bonds is 7. The Morgan fingerprint density at radius 3 is 2.57 bits per heavy atom. The van der Waals surface area contributed by atoms with Crippen LogP contribution in [0.15, 0.2) is 18.2 Å². The Bertz CT molecular complexity index is 477. The monoisotopic (exact) mass is 313 g/mol. The summed E-state index contributed by atoms with van der Waals surface area (Å²) in [6.45, 7) is 7.66. The van der Waals surface area contributed by atoms with Gasteiger partial charge in [-0.05, 0) is 49.9 Å². The van der Waals surface area contributed by atoms with Crippen molar-refractivity contribution >= 4 is 17.5 Å². The molecule has 21 heavy (non-hydrogen) atoms. The third kappa shape index (κ3) is 5.56. The lowest BCUT2D eigenvalue weighted by molar-refractivity contribution is -0.128. The van der Waals surface area contributed by atoms with Crippen molar-refractivity contribution in [2.75, 3.05) is 6.61 Å². The van der Waals surface area contributed by atoms with E-state index < -0.39 is 6.10 Å². The lowest BCUT2D eigenvalue weighted by Crippen LogP contribution is -2.45. The number of halogens is 1. The van der Waals surface area contributed by atoms with Gasteiger partial charge < -0.3 is 15.2 Å². The minimum absolute atomic E-state index is 0.0503. The number of ether oxygens (including phenoxy) is 1. The summed E-state index contributed by atoms with van der Waals surface area (Å²) in [6.07, 6.45) is -0.0689. The van der Waals surface area contributed by atoms with E-state index in [-0.39, 0.29) is 24.5 Å². The summed E-state index contributed by atoms with van der Waals surface area (Å²) < 4.78 is 5.69. The molecule has 0 aromatic heterocycles. The lowest BCUT2D eigenvalue weighted by Gasteiger charge is -2.24. The minimum atomic E-state index is -0.607. The fourth-order valence-electron chi connectivity index (χ4n) is 2.00. The summed E-state index contributed by atoms with van der Waals surface area (Å²) in [5, 5.41) is 12.6. The van der Waals surface area contributed by atoms with Crippen molar-refractivity contribution in [3.8, 4) is 5.75 Å². The zero-order valence-corrected chi connectivity index (χ0v) is 13.8. The summed E-state index contributed by atoms with van der Waals surface area (Å²) in [4.78, 5) is 12.2. The second-order valence-electron chi connectivity index (χ2n) is 5.54. The molecule has 0 saturated carbocycles. The minimum Gasteiger partial charge on any atom is -0.481 e. The fourth-order valence-corrected chi connectivity index (χ4v) is 2.23. The van der Waals surface area contributed by atoms with Gasteiger partial charge in [-0.3, -0.25) is 4.79 Å². The number of hydrogen-bond donors (Lipinski definition) is 2. The van der Waals surface area contributed by atoms with Gasteiger partial charge in [-0.15, -0.1) is 0 Å². The zero-order chi connectivity index (χ0) is 16.0. The van der Waals surface area contributed by atoms with Crippen LogP contribution in [-0.2, 0) is 4.79 Å². The maximum absolute atomic E-state index is 12.2. The highest BCUT2D eigenvalue weighted by Crippen LogP contribution is 2.22. The van der Waals surface area contributed by atoms with E-state index in [1.165, 1.54) is 0 Å². The highest BCUT2D eigenvalue weighted by molar-refractivity contribution is 6.30. The Kier molecular flexibility index (Phi) is 6.99. The van der Waals surface area contributed by atoms with Gasteiger partial charge in [0, 0.05) is 17.7 Å². The van der Waals surface area contributed by atoms with E-state index in [1.54, 1.807) is 25.1 Å². The first kappa shape index (κ1) is 17.8. The number of aliphatic hydroxyl groups is 1. The molecule has 1 amide bonds. The van der Waals surface area contributed by atoms with Gasteiger partial charge >= 0.3 is 0 Å². The average Bonchev–Trinajstić information content (AvgIpc) is 2.41. The largest absolute Gasteiger partial charge is 0.481 e. The molecule has 1 rings (SSSR count). The molecule has 0 heterocycles. The lowest BCUT2D eigenvalue weighted by atomic mass is 10.0. The molecule has 4 nitrogen and oxygen atoms in total. The van der Waals surface area contributed by atoms with E-state index in [9.17, 15) is 4.79 Å². The van der Waals surface area contributed by atoms with Gasteiger partial charge in [-0.25, -0.2) is 0 Å². The van der Waals surface area contributed by atoms with Gasteiger partial charge in [-0.2, -0.15) is 0 Å². The van der Waals surface area contributed by atoms with Crippen LogP contribution >= 0.6 is 11.6 Å². The predicted octanol–water partition coefficient (Wildman–Crippen LogP) is 2.94. The highest BCUT2D eigenvalue weighted by Gasteiger charge is 2.21. The topological polar surface area (TPSA) is 58.6 Å². The van der Waals surface area contributed by atoms with E-state index in [1.807, 2.05) is 20.8 Å². The van der Waals surface area contributed by atoms with Crippen LogP contribution in [0.1, 0.15) is 32.8 Å². The van der Waals surface area contributed by atoms with E-state index in [0.29, 0.717) is 17.2 Å². The molecule has 0 saturated heterocycles.